The number of unbranched alkanes of at least 4 members (excludes halogenated alkanes) is 1. The molecule has 0 unspecified atom stereocenters. The highest BCUT2D eigenvalue weighted by Gasteiger charge is 2.36. The monoisotopic (exact) mass is 395 g/mol. The largest absolute Gasteiger partial charge is 0.451 e. The molecule has 0 bridgehead atoms. The molecule has 0 atom stereocenters. The maximum absolute atomic E-state index is 13.2. The highest BCUT2D eigenvalue weighted by molar-refractivity contribution is 5.89. The Labute approximate surface area is 161 Å². The van der Waals surface area contributed by atoms with Crippen LogP contribution in [0, 0.1) is 0 Å². The number of rotatable bonds is 6. The summed E-state index contributed by atoms with van der Waals surface area (Å²) in [5, 5.41) is 3.48. The minimum Gasteiger partial charge on any atom is -0.355 e. The number of alkyl halides is 3. The van der Waals surface area contributed by atoms with Crippen molar-refractivity contribution in [3.8, 4) is 0 Å². The van der Waals surface area contributed by atoms with Gasteiger partial charge < -0.3 is 10.2 Å². The molecule has 28 heavy (non-hydrogen) atoms. The first-order valence-corrected chi connectivity index (χ1v) is 9.46. The average molecular weight is 395 g/mol. The number of hydrogen-bond donors (Lipinski definition) is 1. The molecule has 1 aromatic heterocycles. The molecule has 0 radical (unpaired) electrons. The van der Waals surface area contributed by atoms with E-state index >= 15 is 0 Å². The number of nitrogens with zero attached hydrogens (tertiary/aromatic N) is 4. The van der Waals surface area contributed by atoms with Gasteiger partial charge in [0.05, 0.1) is 12.1 Å². The zero-order chi connectivity index (χ0) is 20.1. The molecular weight excluding hydrogens is 371 g/mol. The van der Waals surface area contributed by atoms with E-state index < -0.39 is 12.0 Å². The molecule has 1 aliphatic rings. The molecule has 0 saturated carbocycles. The van der Waals surface area contributed by atoms with Gasteiger partial charge in [0.25, 0.3) is 0 Å². The van der Waals surface area contributed by atoms with E-state index in [-0.39, 0.29) is 11.4 Å². The normalized spacial score (nSPS) is 15.8. The number of nitrogens with one attached hydrogen (secondary N) is 1. The summed E-state index contributed by atoms with van der Waals surface area (Å²) >= 11 is 0. The fraction of sp³-hybridized carbons (Fsp3) is 0.526. The highest BCUT2D eigenvalue weighted by Crippen LogP contribution is 2.32. The number of carbonyl (C=O) groups is 1. The Kier molecular flexibility index (Phi) is 6.33. The molecule has 6 nitrogen and oxygen atoms in total. The van der Waals surface area contributed by atoms with E-state index in [2.05, 4.69) is 22.2 Å². The van der Waals surface area contributed by atoms with Gasteiger partial charge in [0, 0.05) is 38.1 Å². The standard InChI is InChI=1S/C19H24F3N5O/c1-2-3-8-23-16(28)13-26-9-11-27(12-10-26)17-14-6-4-5-7-15(14)24-18(25-17)19(20,21)22/h4-7H,2-3,8-13H2,1H3,(H,23,28). The molecule has 2 aromatic rings. The van der Waals surface area contributed by atoms with Crippen LogP contribution in [0.5, 0.6) is 0 Å². The predicted molar refractivity (Wildman–Crippen MR) is 101 cm³/mol. The molecule has 1 fully saturated rings. The lowest BCUT2D eigenvalue weighted by molar-refractivity contribution is -0.144. The van der Waals surface area contributed by atoms with Crippen molar-refractivity contribution in [2.75, 3.05) is 44.2 Å². The van der Waals surface area contributed by atoms with Gasteiger partial charge in [0.2, 0.25) is 11.7 Å². The van der Waals surface area contributed by atoms with Crippen molar-refractivity contribution in [2.45, 2.75) is 25.9 Å². The second kappa shape index (κ2) is 8.72. The molecule has 1 amide bonds. The van der Waals surface area contributed by atoms with E-state index in [4.69, 9.17) is 0 Å². The van der Waals surface area contributed by atoms with E-state index in [1.165, 1.54) is 0 Å². The first-order valence-electron chi connectivity index (χ1n) is 9.46. The zero-order valence-corrected chi connectivity index (χ0v) is 15.8. The topological polar surface area (TPSA) is 61.4 Å². The summed E-state index contributed by atoms with van der Waals surface area (Å²) in [4.78, 5) is 23.3. The molecule has 2 heterocycles. The van der Waals surface area contributed by atoms with Crippen molar-refractivity contribution in [3.63, 3.8) is 0 Å². The van der Waals surface area contributed by atoms with E-state index in [0.717, 1.165) is 12.8 Å². The third-order valence-electron chi connectivity index (χ3n) is 4.73. The summed E-state index contributed by atoms with van der Waals surface area (Å²) in [6.45, 7) is 5.20. The van der Waals surface area contributed by atoms with E-state index in [9.17, 15) is 18.0 Å². The number of amides is 1. The Balaban J connectivity index is 1.70. The van der Waals surface area contributed by atoms with Crippen LogP contribution in [0.15, 0.2) is 24.3 Å². The molecule has 9 heteroatoms. The fourth-order valence-corrected chi connectivity index (χ4v) is 3.21. The Morgan fingerprint density at radius 1 is 1.14 bits per heavy atom. The maximum atomic E-state index is 13.2. The third kappa shape index (κ3) is 4.89. The van der Waals surface area contributed by atoms with Crippen LogP contribution in [-0.2, 0) is 11.0 Å². The number of hydrogen-bond acceptors (Lipinski definition) is 5. The van der Waals surface area contributed by atoms with Crippen LogP contribution in [0.4, 0.5) is 19.0 Å². The van der Waals surface area contributed by atoms with Gasteiger partial charge in [-0.05, 0) is 18.6 Å². The number of carbonyl (C=O) groups excluding carboxylic acids is 1. The summed E-state index contributed by atoms with van der Waals surface area (Å²) in [6.07, 6.45) is -2.63. The minimum absolute atomic E-state index is 0.0197. The summed E-state index contributed by atoms with van der Waals surface area (Å²) in [7, 11) is 0. The molecule has 1 N–H and O–H groups in total. The van der Waals surface area contributed by atoms with Gasteiger partial charge in [-0.15, -0.1) is 0 Å². The van der Waals surface area contributed by atoms with Crippen LogP contribution in [0.25, 0.3) is 10.9 Å². The zero-order valence-electron chi connectivity index (χ0n) is 15.8. The molecule has 0 spiro atoms. The first kappa shape index (κ1) is 20.3. The van der Waals surface area contributed by atoms with Crippen LogP contribution in [-0.4, -0.2) is 60.0 Å². The summed E-state index contributed by atoms with van der Waals surface area (Å²) in [5.41, 5.74) is 0.276. The van der Waals surface area contributed by atoms with Gasteiger partial charge in [0.1, 0.15) is 5.82 Å². The molecule has 1 aromatic carbocycles. The van der Waals surface area contributed by atoms with E-state index in [1.807, 2.05) is 9.80 Å². The number of piperazine rings is 1. The molecule has 1 aliphatic heterocycles. The lowest BCUT2D eigenvalue weighted by Gasteiger charge is -2.35. The van der Waals surface area contributed by atoms with Crippen molar-refractivity contribution >= 4 is 22.6 Å². The molecule has 3 rings (SSSR count). The van der Waals surface area contributed by atoms with Gasteiger partial charge in [-0.3, -0.25) is 9.69 Å². The highest BCUT2D eigenvalue weighted by atomic mass is 19.4. The Bertz CT molecular complexity index is 819. The van der Waals surface area contributed by atoms with Gasteiger partial charge in [-0.1, -0.05) is 25.5 Å². The van der Waals surface area contributed by atoms with Crippen molar-refractivity contribution in [1.29, 1.82) is 0 Å². The quantitative estimate of drug-likeness (QED) is 0.762. The van der Waals surface area contributed by atoms with Crippen molar-refractivity contribution in [2.24, 2.45) is 0 Å². The third-order valence-corrected chi connectivity index (χ3v) is 4.73. The fourth-order valence-electron chi connectivity index (χ4n) is 3.21. The SMILES string of the molecule is CCCCNC(=O)CN1CCN(c2nc(C(F)(F)F)nc3ccccc23)CC1. The second-order valence-corrected chi connectivity index (χ2v) is 6.85. The van der Waals surface area contributed by atoms with E-state index in [0.29, 0.717) is 50.5 Å². The van der Waals surface area contributed by atoms with Crippen LogP contribution >= 0.6 is 0 Å². The van der Waals surface area contributed by atoms with Gasteiger partial charge in [-0.2, -0.15) is 13.2 Å². The smallest absolute Gasteiger partial charge is 0.355 e. The predicted octanol–water partition coefficient (Wildman–Crippen LogP) is 2.69. The molecular formula is C19H24F3N5O. The number of para-hydroxylation sites is 1. The number of halogens is 3. The lowest BCUT2D eigenvalue weighted by atomic mass is 10.2. The van der Waals surface area contributed by atoms with Crippen LogP contribution in [0.3, 0.4) is 0 Å². The summed E-state index contributed by atoms with van der Waals surface area (Å²) < 4.78 is 39.6. The number of aromatic nitrogens is 2. The number of anilines is 1. The van der Waals surface area contributed by atoms with Gasteiger partial charge in [0.15, 0.2) is 0 Å². The molecule has 1 saturated heterocycles. The van der Waals surface area contributed by atoms with Crippen molar-refractivity contribution in [1.82, 2.24) is 20.2 Å². The van der Waals surface area contributed by atoms with Crippen molar-refractivity contribution in [3.05, 3.63) is 30.1 Å². The maximum Gasteiger partial charge on any atom is 0.451 e. The molecule has 0 aliphatic carbocycles. The average Bonchev–Trinajstić information content (AvgIpc) is 2.67. The van der Waals surface area contributed by atoms with Crippen molar-refractivity contribution < 1.29 is 18.0 Å². The Morgan fingerprint density at radius 3 is 2.54 bits per heavy atom. The van der Waals surface area contributed by atoms with Crippen LogP contribution in [0.1, 0.15) is 25.6 Å². The second-order valence-electron chi connectivity index (χ2n) is 6.85. The minimum atomic E-state index is -4.60. The Hall–Kier alpha value is -2.42. The number of fused-ring (bicyclic) bond motifs is 1. The van der Waals surface area contributed by atoms with Gasteiger partial charge >= 0.3 is 6.18 Å². The Morgan fingerprint density at radius 2 is 1.86 bits per heavy atom. The van der Waals surface area contributed by atoms with Gasteiger partial charge in [-0.25, -0.2) is 9.97 Å². The number of benzene rings is 1. The van der Waals surface area contributed by atoms with Crippen LogP contribution in [0.2, 0.25) is 0 Å². The lowest BCUT2D eigenvalue weighted by Crippen LogP contribution is -2.50. The molecule has 152 valence electrons. The first-order chi connectivity index (χ1) is 13.4. The summed E-state index contributed by atoms with van der Waals surface area (Å²) in [5.74, 6) is -0.849. The summed E-state index contributed by atoms with van der Waals surface area (Å²) in [6, 6.07) is 6.72. The van der Waals surface area contributed by atoms with E-state index in [1.54, 1.807) is 24.3 Å². The van der Waals surface area contributed by atoms with Crippen LogP contribution < -0.4 is 10.2 Å².